The van der Waals surface area contributed by atoms with Crippen molar-refractivity contribution in [2.24, 2.45) is 0 Å². The van der Waals surface area contributed by atoms with Gasteiger partial charge in [-0.2, -0.15) is 0 Å². The summed E-state index contributed by atoms with van der Waals surface area (Å²) in [6.07, 6.45) is -0.316. The summed E-state index contributed by atoms with van der Waals surface area (Å²) >= 11 is 7.30. The number of imidazole rings is 1. The second-order valence-corrected chi connectivity index (χ2v) is 9.30. The van der Waals surface area contributed by atoms with Crippen molar-refractivity contribution in [2.75, 3.05) is 13.6 Å². The lowest BCUT2D eigenvalue weighted by atomic mass is 10.1. The molecule has 0 fully saturated rings. The van der Waals surface area contributed by atoms with Crippen LogP contribution in [0.4, 0.5) is 13.2 Å². The summed E-state index contributed by atoms with van der Waals surface area (Å²) in [5, 5.41) is 0. The van der Waals surface area contributed by atoms with E-state index in [0.29, 0.717) is 19.3 Å². The van der Waals surface area contributed by atoms with Crippen LogP contribution >= 0.6 is 22.9 Å². The average Bonchev–Trinajstić information content (AvgIpc) is 3.32. The van der Waals surface area contributed by atoms with E-state index in [0.717, 1.165) is 54.8 Å². The summed E-state index contributed by atoms with van der Waals surface area (Å²) in [5.74, 6) is 5.38. The minimum absolute atomic E-state index is 0.116. The number of carbonyl (C=O) groups excluding carboxylic acids is 1. The van der Waals surface area contributed by atoms with E-state index in [1.807, 2.05) is 11.6 Å². The van der Waals surface area contributed by atoms with Gasteiger partial charge >= 0.3 is 0 Å². The lowest BCUT2D eigenvalue weighted by Crippen LogP contribution is -2.30. The molecular weight excluding hydrogens is 477 g/mol. The van der Waals surface area contributed by atoms with E-state index in [2.05, 4.69) is 21.7 Å². The number of likely N-dealkylation sites (N-methyl/N-ethyl adjacent to an activating group) is 1. The molecule has 0 bridgehead atoms. The van der Waals surface area contributed by atoms with Gasteiger partial charge in [0.15, 0.2) is 11.6 Å². The molecule has 0 spiro atoms. The van der Waals surface area contributed by atoms with Crippen molar-refractivity contribution in [3.05, 3.63) is 72.6 Å². The maximum absolute atomic E-state index is 13.9. The number of aromatic nitrogens is 3. The molecule has 6 nitrogen and oxygen atoms in total. The van der Waals surface area contributed by atoms with Gasteiger partial charge in [0, 0.05) is 25.7 Å². The monoisotopic (exact) mass is 494 g/mol. The smallest absolute Gasteiger partial charge is 0.286 e. The fourth-order valence-electron chi connectivity index (χ4n) is 3.51. The summed E-state index contributed by atoms with van der Waals surface area (Å²) < 4.78 is 42.1. The molecular formula is C22H18ClF3N4O2S. The lowest BCUT2D eigenvalue weighted by molar-refractivity contribution is 0.0996. The third kappa shape index (κ3) is 5.21. The summed E-state index contributed by atoms with van der Waals surface area (Å²) in [5.41, 5.74) is 0.190. The highest BCUT2D eigenvalue weighted by Crippen LogP contribution is 2.28. The van der Waals surface area contributed by atoms with Gasteiger partial charge in [0.05, 0.1) is 29.7 Å². The van der Waals surface area contributed by atoms with Gasteiger partial charge in [0.2, 0.25) is 0 Å². The second-order valence-electron chi connectivity index (χ2n) is 7.64. The molecule has 3 aromatic rings. The molecule has 0 saturated heterocycles. The molecule has 1 aliphatic heterocycles. The van der Waals surface area contributed by atoms with Crippen LogP contribution in [0.2, 0.25) is 4.34 Å². The Morgan fingerprint density at radius 3 is 2.85 bits per heavy atom. The summed E-state index contributed by atoms with van der Waals surface area (Å²) in [7, 11) is 2.02. The van der Waals surface area contributed by atoms with Crippen molar-refractivity contribution < 1.29 is 18.0 Å². The molecule has 3 aromatic heterocycles. The van der Waals surface area contributed by atoms with E-state index < -0.39 is 24.3 Å². The first-order valence-electron chi connectivity index (χ1n) is 9.95. The van der Waals surface area contributed by atoms with Crippen molar-refractivity contribution >= 4 is 28.7 Å². The molecule has 0 unspecified atom stereocenters. The molecule has 1 aliphatic rings. The van der Waals surface area contributed by atoms with E-state index in [-0.39, 0.29) is 17.8 Å². The van der Waals surface area contributed by atoms with Crippen LogP contribution in [0.5, 0.6) is 0 Å². The van der Waals surface area contributed by atoms with Crippen molar-refractivity contribution in [2.45, 2.75) is 32.5 Å². The molecule has 11 heteroatoms. The Kier molecular flexibility index (Phi) is 6.74. The zero-order valence-electron chi connectivity index (χ0n) is 17.4. The Morgan fingerprint density at radius 2 is 2.09 bits per heavy atom. The number of alkyl halides is 2. The molecule has 172 valence electrons. The normalized spacial score (nSPS) is 13.6. The second kappa shape index (κ2) is 9.55. The van der Waals surface area contributed by atoms with Crippen LogP contribution < -0.4 is 5.56 Å². The maximum atomic E-state index is 13.9. The van der Waals surface area contributed by atoms with Crippen molar-refractivity contribution in [3.8, 4) is 11.8 Å². The van der Waals surface area contributed by atoms with Crippen LogP contribution in [-0.2, 0) is 26.1 Å². The molecule has 0 aliphatic carbocycles. The van der Waals surface area contributed by atoms with Crippen molar-refractivity contribution in [1.29, 1.82) is 0 Å². The van der Waals surface area contributed by atoms with Crippen LogP contribution in [0.25, 0.3) is 0 Å². The molecule has 4 heterocycles. The zero-order chi connectivity index (χ0) is 23.7. The number of halogens is 4. The van der Waals surface area contributed by atoms with E-state index >= 15 is 0 Å². The van der Waals surface area contributed by atoms with E-state index in [1.54, 1.807) is 12.3 Å². The van der Waals surface area contributed by atoms with Gasteiger partial charge in [-0.15, -0.1) is 11.3 Å². The number of ketones is 1. The quantitative estimate of drug-likeness (QED) is 0.403. The fourth-order valence-corrected chi connectivity index (χ4v) is 4.64. The number of hydrogen-bond donors (Lipinski definition) is 0. The number of hydrogen-bond acceptors (Lipinski definition) is 5. The first-order valence-corrected chi connectivity index (χ1v) is 11.1. The third-order valence-electron chi connectivity index (χ3n) is 5.14. The number of fused-ring (bicyclic) bond motifs is 1. The van der Waals surface area contributed by atoms with Gasteiger partial charge in [-0.25, -0.2) is 18.2 Å². The molecule has 0 amide bonds. The number of thiophene rings is 1. The van der Waals surface area contributed by atoms with E-state index in [1.165, 1.54) is 0 Å². The SMILES string of the molecule is CN1CCn2c(C#Cc3cc(C(=O)Cc4cc(F)c(=O)n(CC(F)F)c4)sc3Cl)cnc2C1. The molecule has 33 heavy (non-hydrogen) atoms. The minimum Gasteiger partial charge on any atom is -0.319 e. The van der Waals surface area contributed by atoms with Crippen LogP contribution in [0.15, 0.2) is 29.3 Å². The molecule has 0 saturated carbocycles. The molecule has 0 atom stereocenters. The Balaban J connectivity index is 1.53. The van der Waals surface area contributed by atoms with Crippen LogP contribution in [0.1, 0.15) is 32.3 Å². The van der Waals surface area contributed by atoms with Gasteiger partial charge in [-0.3, -0.25) is 14.5 Å². The van der Waals surface area contributed by atoms with E-state index in [4.69, 9.17) is 11.6 Å². The number of pyridine rings is 1. The predicted molar refractivity (Wildman–Crippen MR) is 119 cm³/mol. The first kappa shape index (κ1) is 23.3. The Morgan fingerprint density at radius 1 is 1.30 bits per heavy atom. The molecule has 0 radical (unpaired) electrons. The van der Waals surface area contributed by atoms with Crippen molar-refractivity contribution in [3.63, 3.8) is 0 Å². The predicted octanol–water partition coefficient (Wildman–Crippen LogP) is 3.43. The Labute approximate surface area is 196 Å². The standard InChI is InChI=1S/C22H18ClF3N4O2S/c1-28-4-5-30-15(9-27-20(30)12-28)3-2-14-8-18(33-21(14)23)17(31)7-13-6-16(24)22(32)29(10-13)11-19(25)26/h6,8-10,19H,4-5,7,11-12H2,1H3. The Hall–Kier alpha value is -2.87. The first-order chi connectivity index (χ1) is 15.7. The highest BCUT2D eigenvalue weighted by atomic mass is 35.5. The van der Waals surface area contributed by atoms with Crippen LogP contribution in [0.3, 0.4) is 0 Å². The molecule has 4 rings (SSSR count). The van der Waals surface area contributed by atoms with Crippen LogP contribution in [-0.4, -0.2) is 44.8 Å². The fraction of sp³-hybridized carbons (Fsp3) is 0.318. The number of rotatable bonds is 5. The zero-order valence-corrected chi connectivity index (χ0v) is 19.0. The maximum Gasteiger partial charge on any atom is 0.286 e. The van der Waals surface area contributed by atoms with Crippen molar-refractivity contribution in [1.82, 2.24) is 19.0 Å². The van der Waals surface area contributed by atoms with Gasteiger partial charge in [0.1, 0.15) is 15.9 Å². The lowest BCUT2D eigenvalue weighted by Gasteiger charge is -2.23. The number of carbonyl (C=O) groups is 1. The van der Waals surface area contributed by atoms with Gasteiger partial charge in [-0.05, 0) is 30.7 Å². The third-order valence-corrected chi connectivity index (χ3v) is 6.54. The van der Waals surface area contributed by atoms with Gasteiger partial charge < -0.3 is 9.13 Å². The van der Waals surface area contributed by atoms with E-state index in [9.17, 15) is 22.8 Å². The largest absolute Gasteiger partial charge is 0.319 e. The van der Waals surface area contributed by atoms with Crippen LogP contribution in [0, 0.1) is 17.7 Å². The average molecular weight is 495 g/mol. The molecule has 0 N–H and O–H groups in total. The highest BCUT2D eigenvalue weighted by Gasteiger charge is 2.18. The highest BCUT2D eigenvalue weighted by molar-refractivity contribution is 7.18. The summed E-state index contributed by atoms with van der Waals surface area (Å²) in [6, 6.07) is 2.44. The van der Waals surface area contributed by atoms with Gasteiger partial charge in [-0.1, -0.05) is 17.5 Å². The Bertz CT molecular complexity index is 1340. The summed E-state index contributed by atoms with van der Waals surface area (Å²) in [4.78, 5) is 31.2. The summed E-state index contributed by atoms with van der Waals surface area (Å²) in [6.45, 7) is 1.46. The number of Topliss-reactive ketones (excluding diaryl/α,β-unsaturated/α-hetero) is 1. The topological polar surface area (TPSA) is 60.1 Å². The van der Waals surface area contributed by atoms with Gasteiger partial charge in [0.25, 0.3) is 12.0 Å². The minimum atomic E-state index is -2.83. The number of nitrogens with zero attached hydrogens (tertiary/aromatic N) is 4. The molecule has 0 aromatic carbocycles.